The Kier molecular flexibility index (Phi) is 5.50. The predicted molar refractivity (Wildman–Crippen MR) is 66.4 cm³/mol. The molecule has 0 aliphatic rings. The molecule has 1 rings (SSSR count). The van der Waals surface area contributed by atoms with E-state index in [0.717, 1.165) is 9.35 Å². The van der Waals surface area contributed by atoms with Crippen LogP contribution >= 0.6 is 27.3 Å². The molecule has 0 bridgehead atoms. The largest absolute Gasteiger partial charge is 0.384 e. The molecule has 0 amide bonds. The molecule has 0 saturated heterocycles. The number of halogens is 1. The van der Waals surface area contributed by atoms with Crippen molar-refractivity contribution in [2.75, 3.05) is 13.7 Å². The number of carbonyl (C=O) groups is 1. The Bertz CT molecular complexity index is 322. The van der Waals surface area contributed by atoms with Crippen LogP contribution in [0.15, 0.2) is 15.9 Å². The highest BCUT2D eigenvalue weighted by Crippen LogP contribution is 2.21. The van der Waals surface area contributed by atoms with Gasteiger partial charge in [0.2, 0.25) is 0 Å². The second-order valence-electron chi connectivity index (χ2n) is 3.71. The van der Waals surface area contributed by atoms with Crippen molar-refractivity contribution < 1.29 is 9.53 Å². The fourth-order valence-electron chi connectivity index (χ4n) is 1.45. The van der Waals surface area contributed by atoms with Gasteiger partial charge in [0.25, 0.3) is 0 Å². The minimum atomic E-state index is 0.286. The van der Waals surface area contributed by atoms with Crippen LogP contribution in [0.2, 0.25) is 0 Å². The highest BCUT2D eigenvalue weighted by Gasteiger charge is 2.10. The lowest BCUT2D eigenvalue weighted by Crippen LogP contribution is -2.11. The summed E-state index contributed by atoms with van der Waals surface area (Å²) >= 11 is 5.00. The number of hydrogen-bond donors (Lipinski definition) is 0. The van der Waals surface area contributed by atoms with Crippen LogP contribution in [0.5, 0.6) is 0 Å². The summed E-state index contributed by atoms with van der Waals surface area (Å²) in [4.78, 5) is 12.8. The summed E-state index contributed by atoms with van der Waals surface area (Å²) in [6, 6.07) is 2.00. The second-order valence-corrected chi connectivity index (χ2v) is 5.62. The third-order valence-electron chi connectivity index (χ3n) is 2.02. The lowest BCUT2D eigenvalue weighted by molar-refractivity contribution is -0.119. The first-order chi connectivity index (χ1) is 7.11. The first kappa shape index (κ1) is 12.9. The molecule has 15 heavy (non-hydrogen) atoms. The summed E-state index contributed by atoms with van der Waals surface area (Å²) in [5, 5.41) is 2.00. The molecule has 0 aliphatic carbocycles. The zero-order chi connectivity index (χ0) is 11.3. The van der Waals surface area contributed by atoms with E-state index >= 15 is 0 Å². The summed E-state index contributed by atoms with van der Waals surface area (Å²) in [7, 11) is 1.66. The minimum absolute atomic E-state index is 0.286. The van der Waals surface area contributed by atoms with Crippen molar-refractivity contribution in [1.29, 1.82) is 0 Å². The Morgan fingerprint density at radius 1 is 1.67 bits per heavy atom. The lowest BCUT2D eigenvalue weighted by Gasteiger charge is -2.07. The van der Waals surface area contributed by atoms with Crippen molar-refractivity contribution in [3.8, 4) is 0 Å². The average molecular weight is 291 g/mol. The molecule has 0 radical (unpaired) electrons. The molecule has 1 unspecified atom stereocenters. The van der Waals surface area contributed by atoms with E-state index in [2.05, 4.69) is 15.9 Å². The summed E-state index contributed by atoms with van der Waals surface area (Å²) in [5.41, 5.74) is 0. The third kappa shape index (κ3) is 4.91. The summed E-state index contributed by atoms with van der Waals surface area (Å²) < 4.78 is 6.06. The van der Waals surface area contributed by atoms with Crippen molar-refractivity contribution >= 4 is 33.0 Å². The molecule has 0 fully saturated rings. The van der Waals surface area contributed by atoms with Crippen LogP contribution in [0.1, 0.15) is 18.2 Å². The lowest BCUT2D eigenvalue weighted by atomic mass is 10.0. The number of thiophene rings is 1. The quantitative estimate of drug-likeness (QED) is 0.804. The first-order valence-corrected chi connectivity index (χ1v) is 6.52. The molecule has 84 valence electrons. The highest BCUT2D eigenvalue weighted by molar-refractivity contribution is 9.10. The Labute approximate surface area is 103 Å². The van der Waals surface area contributed by atoms with Gasteiger partial charge >= 0.3 is 0 Å². The van der Waals surface area contributed by atoms with Gasteiger partial charge < -0.3 is 4.74 Å². The van der Waals surface area contributed by atoms with Crippen LogP contribution in [0, 0.1) is 5.92 Å². The molecular weight excluding hydrogens is 276 g/mol. The summed E-state index contributed by atoms with van der Waals surface area (Å²) in [6.07, 6.45) is 1.15. The van der Waals surface area contributed by atoms with E-state index in [4.69, 9.17) is 4.74 Å². The molecular formula is C11H15BrO2S. The summed E-state index contributed by atoms with van der Waals surface area (Å²) in [6.45, 7) is 2.69. The van der Waals surface area contributed by atoms with Gasteiger partial charge in [-0.2, -0.15) is 0 Å². The smallest absolute Gasteiger partial charge is 0.138 e. The van der Waals surface area contributed by atoms with E-state index in [9.17, 15) is 4.79 Å². The molecule has 1 aromatic rings. The molecule has 0 spiro atoms. The third-order valence-corrected chi connectivity index (χ3v) is 3.72. The van der Waals surface area contributed by atoms with E-state index in [1.165, 1.54) is 0 Å². The van der Waals surface area contributed by atoms with Crippen LogP contribution < -0.4 is 0 Å². The van der Waals surface area contributed by atoms with Crippen molar-refractivity contribution in [2.45, 2.75) is 19.8 Å². The maximum absolute atomic E-state index is 11.6. The Morgan fingerprint density at radius 2 is 2.40 bits per heavy atom. The number of Topliss-reactive ketones (excluding diaryl/α,β-unsaturated/α-hetero) is 1. The molecule has 0 aliphatic heterocycles. The van der Waals surface area contributed by atoms with Gasteiger partial charge in [-0.3, -0.25) is 4.79 Å². The molecule has 1 aromatic heterocycles. The highest BCUT2D eigenvalue weighted by atomic mass is 79.9. The zero-order valence-corrected chi connectivity index (χ0v) is 11.4. The Hall–Kier alpha value is -0.190. The van der Waals surface area contributed by atoms with E-state index in [-0.39, 0.29) is 5.78 Å². The Morgan fingerprint density at radius 3 is 2.93 bits per heavy atom. The number of ether oxygens (including phenoxy) is 1. The van der Waals surface area contributed by atoms with E-state index < -0.39 is 0 Å². The van der Waals surface area contributed by atoms with Gasteiger partial charge in [0.15, 0.2) is 0 Å². The fourth-order valence-corrected chi connectivity index (χ4v) is 2.92. The zero-order valence-electron chi connectivity index (χ0n) is 8.96. The van der Waals surface area contributed by atoms with Gasteiger partial charge in [0, 0.05) is 41.3 Å². The maximum atomic E-state index is 11.6. The molecule has 1 heterocycles. The van der Waals surface area contributed by atoms with Gasteiger partial charge in [0.1, 0.15) is 5.78 Å². The number of hydrogen-bond acceptors (Lipinski definition) is 3. The van der Waals surface area contributed by atoms with Gasteiger partial charge in [-0.1, -0.05) is 6.92 Å². The van der Waals surface area contributed by atoms with E-state index in [1.54, 1.807) is 18.4 Å². The van der Waals surface area contributed by atoms with Crippen molar-refractivity contribution in [3.63, 3.8) is 0 Å². The van der Waals surface area contributed by atoms with Crippen molar-refractivity contribution in [2.24, 2.45) is 5.92 Å². The monoisotopic (exact) mass is 290 g/mol. The number of methoxy groups -OCH3 is 1. The molecule has 1 atom stereocenters. The Balaban J connectivity index is 2.36. The minimum Gasteiger partial charge on any atom is -0.384 e. The molecule has 0 saturated carbocycles. The van der Waals surface area contributed by atoms with Gasteiger partial charge in [-0.15, -0.1) is 11.3 Å². The van der Waals surface area contributed by atoms with Crippen molar-refractivity contribution in [3.05, 3.63) is 20.8 Å². The topological polar surface area (TPSA) is 26.3 Å². The van der Waals surface area contributed by atoms with Crippen LogP contribution in [-0.2, 0) is 16.0 Å². The first-order valence-electron chi connectivity index (χ1n) is 4.85. The second kappa shape index (κ2) is 6.40. The van der Waals surface area contributed by atoms with Gasteiger partial charge in [0.05, 0.1) is 0 Å². The van der Waals surface area contributed by atoms with E-state index in [0.29, 0.717) is 25.4 Å². The maximum Gasteiger partial charge on any atom is 0.138 e. The molecule has 0 aromatic carbocycles. The van der Waals surface area contributed by atoms with Crippen LogP contribution in [0.4, 0.5) is 0 Å². The number of ketones is 1. The SMILES string of the molecule is COCC(C)CC(=O)Cc1cc(Br)cs1. The number of carbonyl (C=O) groups excluding carboxylic acids is 1. The molecule has 4 heteroatoms. The van der Waals surface area contributed by atoms with Gasteiger partial charge in [-0.25, -0.2) is 0 Å². The van der Waals surface area contributed by atoms with Crippen molar-refractivity contribution in [1.82, 2.24) is 0 Å². The average Bonchev–Trinajstić information content (AvgIpc) is 2.51. The van der Waals surface area contributed by atoms with Gasteiger partial charge in [-0.05, 0) is 27.9 Å². The van der Waals surface area contributed by atoms with E-state index in [1.807, 2.05) is 18.4 Å². The van der Waals surface area contributed by atoms with Crippen LogP contribution in [0.3, 0.4) is 0 Å². The molecule has 0 N–H and O–H groups in total. The number of rotatable bonds is 6. The summed E-state index contributed by atoms with van der Waals surface area (Å²) in [5.74, 6) is 0.597. The predicted octanol–water partition coefficient (Wildman–Crippen LogP) is 3.29. The molecule has 2 nitrogen and oxygen atoms in total. The standard InChI is InChI=1S/C11H15BrO2S/c1-8(6-14-2)3-10(13)5-11-4-9(12)7-15-11/h4,7-8H,3,5-6H2,1-2H3. The fraction of sp³-hybridized carbons (Fsp3) is 0.545. The van der Waals surface area contributed by atoms with Crippen LogP contribution in [-0.4, -0.2) is 19.5 Å². The van der Waals surface area contributed by atoms with Crippen LogP contribution in [0.25, 0.3) is 0 Å². The normalized spacial score (nSPS) is 12.7.